The summed E-state index contributed by atoms with van der Waals surface area (Å²) in [4.78, 5) is 23.7. The first-order valence-electron chi connectivity index (χ1n) is 6.98. The Hall–Kier alpha value is -1.07. The number of hydrogen-bond donors (Lipinski definition) is 2. The number of carbonyl (C=O) groups excluding carboxylic acids is 1. The highest BCUT2D eigenvalue weighted by Gasteiger charge is 2.31. The van der Waals surface area contributed by atoms with Gasteiger partial charge in [0.25, 0.3) is 5.91 Å². The van der Waals surface area contributed by atoms with E-state index < -0.39 is 11.9 Å². The normalized spacial score (nSPS) is 22.4. The van der Waals surface area contributed by atoms with Gasteiger partial charge in [-0.25, -0.2) is 0 Å². The van der Waals surface area contributed by atoms with Crippen molar-refractivity contribution in [1.29, 1.82) is 0 Å². The van der Waals surface area contributed by atoms with Crippen LogP contribution in [0.15, 0.2) is 22.7 Å². The van der Waals surface area contributed by atoms with Crippen molar-refractivity contribution in [1.82, 2.24) is 5.32 Å². The number of hydrogen-bond acceptors (Lipinski definition) is 2. The minimum atomic E-state index is -0.845. The monoisotopic (exact) mass is 373 g/mol. The summed E-state index contributed by atoms with van der Waals surface area (Å²) < 4.78 is 0.646. The predicted molar refractivity (Wildman–Crippen MR) is 84.6 cm³/mol. The van der Waals surface area contributed by atoms with Gasteiger partial charge >= 0.3 is 5.97 Å². The van der Waals surface area contributed by atoms with E-state index in [0.717, 1.165) is 19.3 Å². The molecule has 0 bridgehead atoms. The molecule has 1 aromatic rings. The molecule has 2 N–H and O–H groups in total. The molecule has 4 nitrogen and oxygen atoms in total. The van der Waals surface area contributed by atoms with Crippen molar-refractivity contribution in [2.45, 2.75) is 38.1 Å². The molecule has 21 heavy (non-hydrogen) atoms. The third-order valence-corrected chi connectivity index (χ3v) is 5.14. The zero-order valence-corrected chi connectivity index (χ0v) is 13.8. The summed E-state index contributed by atoms with van der Waals surface area (Å²) in [5.74, 6) is -1.69. The molecule has 1 aliphatic rings. The van der Waals surface area contributed by atoms with E-state index in [9.17, 15) is 14.7 Å². The molecule has 1 saturated carbocycles. The van der Waals surface area contributed by atoms with Crippen LogP contribution in [-0.2, 0) is 4.79 Å². The quantitative estimate of drug-likeness (QED) is 0.789. The largest absolute Gasteiger partial charge is 0.481 e. The van der Waals surface area contributed by atoms with Crippen molar-refractivity contribution in [2.75, 3.05) is 0 Å². The lowest BCUT2D eigenvalue weighted by Crippen LogP contribution is -2.42. The number of halogens is 2. The molecule has 0 spiro atoms. The Bertz CT molecular complexity index is 550. The topological polar surface area (TPSA) is 66.4 Å². The summed E-state index contributed by atoms with van der Waals surface area (Å²) in [5.41, 5.74) is 0.361. The second-order valence-corrected chi connectivity index (χ2v) is 6.50. The maximum Gasteiger partial charge on any atom is 0.308 e. The first-order chi connectivity index (χ1) is 10.0. The lowest BCUT2D eigenvalue weighted by atomic mass is 9.94. The second kappa shape index (κ2) is 7.27. The minimum Gasteiger partial charge on any atom is -0.481 e. The van der Waals surface area contributed by atoms with E-state index in [4.69, 9.17) is 11.6 Å². The fourth-order valence-electron chi connectivity index (χ4n) is 2.70. The van der Waals surface area contributed by atoms with E-state index in [1.54, 1.807) is 18.2 Å². The molecular weight excluding hydrogens is 358 g/mol. The molecule has 0 saturated heterocycles. The lowest BCUT2D eigenvalue weighted by molar-refractivity contribution is -0.142. The van der Waals surface area contributed by atoms with Crippen LogP contribution in [0.25, 0.3) is 0 Å². The van der Waals surface area contributed by atoms with Crippen molar-refractivity contribution in [3.8, 4) is 0 Å². The molecule has 1 fully saturated rings. The summed E-state index contributed by atoms with van der Waals surface area (Å²) >= 11 is 9.39. The SMILES string of the molecule is O=C(NC1CCCCCC1C(=O)O)c1cccc(Br)c1Cl. The number of amides is 1. The van der Waals surface area contributed by atoms with Crippen LogP contribution < -0.4 is 5.32 Å². The van der Waals surface area contributed by atoms with E-state index in [1.807, 2.05) is 0 Å². The third kappa shape index (κ3) is 3.98. The zero-order valence-electron chi connectivity index (χ0n) is 11.4. The van der Waals surface area contributed by atoms with E-state index in [-0.39, 0.29) is 11.9 Å². The standard InChI is InChI=1S/C15H17BrClNO3/c16-11-7-4-6-10(13(11)17)14(19)18-12-8-3-1-2-5-9(12)15(20)21/h4,6-7,9,12H,1-3,5,8H2,(H,18,19)(H,20,21). The summed E-state index contributed by atoms with van der Waals surface area (Å²) in [7, 11) is 0. The number of carboxylic acid groups (broad SMARTS) is 1. The first-order valence-corrected chi connectivity index (χ1v) is 8.15. The summed E-state index contributed by atoms with van der Waals surface area (Å²) in [5, 5.41) is 12.5. The van der Waals surface area contributed by atoms with Crippen molar-refractivity contribution >= 4 is 39.4 Å². The molecule has 1 amide bonds. The van der Waals surface area contributed by atoms with Crippen LogP contribution in [0.4, 0.5) is 0 Å². The van der Waals surface area contributed by atoms with E-state index in [2.05, 4.69) is 21.2 Å². The third-order valence-electron chi connectivity index (χ3n) is 3.85. The number of aliphatic carboxylic acids is 1. The molecule has 6 heteroatoms. The van der Waals surface area contributed by atoms with Crippen LogP contribution in [0.1, 0.15) is 42.5 Å². The summed E-state index contributed by atoms with van der Waals surface area (Å²) in [6.45, 7) is 0. The number of carboxylic acids is 1. The number of carbonyl (C=O) groups is 2. The molecule has 0 aliphatic heterocycles. The Morgan fingerprint density at radius 1 is 1.24 bits per heavy atom. The molecule has 0 aromatic heterocycles. The Morgan fingerprint density at radius 2 is 1.95 bits per heavy atom. The van der Waals surface area contributed by atoms with Crippen molar-refractivity contribution in [3.63, 3.8) is 0 Å². The Morgan fingerprint density at radius 3 is 2.67 bits per heavy atom. The molecular formula is C15H17BrClNO3. The second-order valence-electron chi connectivity index (χ2n) is 5.26. The fourth-order valence-corrected chi connectivity index (χ4v) is 3.28. The predicted octanol–water partition coefficient (Wildman–Crippen LogP) is 3.87. The van der Waals surface area contributed by atoms with Crippen LogP contribution in [0.5, 0.6) is 0 Å². The molecule has 1 aliphatic carbocycles. The van der Waals surface area contributed by atoms with Gasteiger partial charge in [0.2, 0.25) is 0 Å². The van der Waals surface area contributed by atoms with Crippen LogP contribution in [-0.4, -0.2) is 23.0 Å². The minimum absolute atomic E-state index is 0.320. The Balaban J connectivity index is 2.16. The molecule has 2 unspecified atom stereocenters. The van der Waals surface area contributed by atoms with E-state index >= 15 is 0 Å². The van der Waals surface area contributed by atoms with Crippen LogP contribution in [0.2, 0.25) is 5.02 Å². The Kier molecular flexibility index (Phi) is 5.65. The van der Waals surface area contributed by atoms with Gasteiger partial charge in [-0.1, -0.05) is 36.9 Å². The van der Waals surface area contributed by atoms with Gasteiger partial charge in [-0.3, -0.25) is 9.59 Å². The average molecular weight is 375 g/mol. The molecule has 114 valence electrons. The van der Waals surface area contributed by atoms with Crippen molar-refractivity contribution in [3.05, 3.63) is 33.3 Å². The number of nitrogens with one attached hydrogen (secondary N) is 1. The van der Waals surface area contributed by atoms with Gasteiger partial charge in [0.15, 0.2) is 0 Å². The van der Waals surface area contributed by atoms with Gasteiger partial charge in [0.05, 0.1) is 16.5 Å². The zero-order chi connectivity index (χ0) is 15.4. The van der Waals surface area contributed by atoms with Gasteiger partial charge in [-0.15, -0.1) is 0 Å². The van der Waals surface area contributed by atoms with Gasteiger partial charge in [-0.2, -0.15) is 0 Å². The summed E-state index contributed by atoms with van der Waals surface area (Å²) in [6.07, 6.45) is 4.12. The maximum absolute atomic E-state index is 12.4. The fraction of sp³-hybridized carbons (Fsp3) is 0.467. The molecule has 2 rings (SSSR count). The van der Waals surface area contributed by atoms with Crippen molar-refractivity contribution < 1.29 is 14.7 Å². The van der Waals surface area contributed by atoms with Gasteiger partial charge < -0.3 is 10.4 Å². The van der Waals surface area contributed by atoms with Crippen LogP contribution >= 0.6 is 27.5 Å². The van der Waals surface area contributed by atoms with Gasteiger partial charge in [0, 0.05) is 10.5 Å². The Labute approximate surface area is 137 Å². The molecule has 1 aromatic carbocycles. The van der Waals surface area contributed by atoms with E-state index in [0.29, 0.717) is 27.9 Å². The highest BCUT2D eigenvalue weighted by atomic mass is 79.9. The number of rotatable bonds is 3. The molecule has 0 heterocycles. The number of benzene rings is 1. The highest BCUT2D eigenvalue weighted by molar-refractivity contribution is 9.10. The average Bonchev–Trinajstić information content (AvgIpc) is 2.67. The van der Waals surface area contributed by atoms with E-state index in [1.165, 1.54) is 0 Å². The van der Waals surface area contributed by atoms with Gasteiger partial charge in [0.1, 0.15) is 0 Å². The van der Waals surface area contributed by atoms with Crippen LogP contribution in [0, 0.1) is 5.92 Å². The van der Waals surface area contributed by atoms with Crippen molar-refractivity contribution in [2.24, 2.45) is 5.92 Å². The van der Waals surface area contributed by atoms with Gasteiger partial charge in [-0.05, 0) is 40.9 Å². The first kappa shape index (κ1) is 16.3. The molecule has 2 atom stereocenters. The highest BCUT2D eigenvalue weighted by Crippen LogP contribution is 2.28. The maximum atomic E-state index is 12.4. The lowest BCUT2D eigenvalue weighted by Gasteiger charge is -2.23. The summed E-state index contributed by atoms with van der Waals surface area (Å²) in [6, 6.07) is 4.78. The molecule has 0 radical (unpaired) electrons. The van der Waals surface area contributed by atoms with Crippen LogP contribution in [0.3, 0.4) is 0 Å². The smallest absolute Gasteiger partial charge is 0.308 e.